The van der Waals surface area contributed by atoms with Gasteiger partial charge in [0.05, 0.1) is 43.2 Å². The van der Waals surface area contributed by atoms with E-state index in [1.54, 1.807) is 13.2 Å². The maximum Gasteiger partial charge on any atom is 0.228 e. The number of carbonyl (C=O) groups excluding carboxylic acids is 2. The summed E-state index contributed by atoms with van der Waals surface area (Å²) in [5.74, 6) is -0.348. The minimum atomic E-state index is -0.534. The number of rotatable bonds is 4. The first-order chi connectivity index (χ1) is 12.7. The second-order valence-electron chi connectivity index (χ2n) is 6.47. The number of hydrogen-bond donors (Lipinski definition) is 3. The first kappa shape index (κ1) is 16.6. The molecule has 8 nitrogen and oxygen atoms in total. The Labute approximate surface area is 150 Å². The monoisotopic (exact) mass is 355 g/mol. The van der Waals surface area contributed by atoms with Crippen LogP contribution in [0.3, 0.4) is 0 Å². The van der Waals surface area contributed by atoms with Crippen molar-refractivity contribution in [3.63, 3.8) is 0 Å². The lowest BCUT2D eigenvalue weighted by Gasteiger charge is -2.26. The zero-order valence-electron chi connectivity index (χ0n) is 14.5. The summed E-state index contributed by atoms with van der Waals surface area (Å²) in [5.41, 5.74) is 3.29. The van der Waals surface area contributed by atoms with E-state index in [9.17, 15) is 9.59 Å². The summed E-state index contributed by atoms with van der Waals surface area (Å²) in [6.45, 7) is 2.86. The molecule has 1 aromatic carbocycles. The van der Waals surface area contributed by atoms with Gasteiger partial charge in [0.2, 0.25) is 11.8 Å². The van der Waals surface area contributed by atoms with Gasteiger partial charge in [-0.15, -0.1) is 0 Å². The molecular formula is C18H21N5O3. The fourth-order valence-electron chi connectivity index (χ4n) is 3.50. The number of benzene rings is 1. The van der Waals surface area contributed by atoms with Crippen LogP contribution in [0.2, 0.25) is 0 Å². The quantitative estimate of drug-likeness (QED) is 0.751. The lowest BCUT2D eigenvalue weighted by molar-refractivity contribution is -0.126. The van der Waals surface area contributed by atoms with Crippen molar-refractivity contribution in [2.45, 2.75) is 32.0 Å². The molecule has 0 fully saturated rings. The average molecular weight is 355 g/mol. The van der Waals surface area contributed by atoms with Crippen molar-refractivity contribution < 1.29 is 14.3 Å². The molecule has 0 saturated heterocycles. The van der Waals surface area contributed by atoms with E-state index in [-0.39, 0.29) is 18.2 Å². The van der Waals surface area contributed by atoms with Crippen LogP contribution in [0.25, 0.3) is 0 Å². The van der Waals surface area contributed by atoms with Gasteiger partial charge in [0.1, 0.15) is 5.75 Å². The predicted molar refractivity (Wildman–Crippen MR) is 94.8 cm³/mol. The zero-order valence-corrected chi connectivity index (χ0v) is 14.5. The number of para-hydroxylation sites is 1. The largest absolute Gasteiger partial charge is 0.495 e. The molecule has 1 aromatic heterocycles. The molecule has 8 heteroatoms. The van der Waals surface area contributed by atoms with Crippen LogP contribution in [-0.4, -0.2) is 35.2 Å². The second-order valence-corrected chi connectivity index (χ2v) is 6.47. The lowest BCUT2D eigenvalue weighted by atomic mass is 9.89. The van der Waals surface area contributed by atoms with E-state index in [1.807, 2.05) is 22.9 Å². The molecule has 2 aliphatic rings. The Bertz CT molecular complexity index is 837. The van der Waals surface area contributed by atoms with Crippen molar-refractivity contribution in [3.05, 3.63) is 41.2 Å². The molecule has 4 rings (SSSR count). The van der Waals surface area contributed by atoms with E-state index < -0.39 is 5.92 Å². The smallest absolute Gasteiger partial charge is 0.228 e. The summed E-state index contributed by atoms with van der Waals surface area (Å²) in [5, 5.41) is 13.5. The second kappa shape index (κ2) is 6.80. The Morgan fingerprint density at radius 3 is 3.15 bits per heavy atom. The molecule has 0 unspecified atom stereocenters. The molecule has 2 aliphatic heterocycles. The molecule has 0 saturated carbocycles. The molecular weight excluding hydrogens is 334 g/mol. The van der Waals surface area contributed by atoms with Crippen LogP contribution in [0, 0.1) is 0 Å². The van der Waals surface area contributed by atoms with Crippen molar-refractivity contribution in [1.82, 2.24) is 20.4 Å². The van der Waals surface area contributed by atoms with Crippen molar-refractivity contribution in [2.75, 3.05) is 19.0 Å². The van der Waals surface area contributed by atoms with Gasteiger partial charge in [0.15, 0.2) is 0 Å². The molecule has 0 spiro atoms. The van der Waals surface area contributed by atoms with E-state index in [0.717, 1.165) is 36.6 Å². The molecule has 0 bridgehead atoms. The number of anilines is 1. The highest BCUT2D eigenvalue weighted by molar-refractivity contribution is 6.02. The Balaban J connectivity index is 1.50. The minimum Gasteiger partial charge on any atom is -0.495 e. The van der Waals surface area contributed by atoms with Crippen LogP contribution in [-0.2, 0) is 29.2 Å². The fourth-order valence-corrected chi connectivity index (χ4v) is 3.50. The van der Waals surface area contributed by atoms with E-state index in [1.165, 1.54) is 0 Å². The number of nitrogens with one attached hydrogen (secondary N) is 3. The molecule has 26 heavy (non-hydrogen) atoms. The normalized spacial score (nSPS) is 18.5. The molecule has 2 amide bonds. The summed E-state index contributed by atoms with van der Waals surface area (Å²) >= 11 is 0. The van der Waals surface area contributed by atoms with Crippen LogP contribution in [0.5, 0.6) is 5.75 Å². The molecule has 136 valence electrons. The molecule has 0 aliphatic carbocycles. The number of amides is 2. The van der Waals surface area contributed by atoms with E-state index in [2.05, 4.69) is 21.0 Å². The van der Waals surface area contributed by atoms with Crippen LogP contribution < -0.4 is 20.7 Å². The van der Waals surface area contributed by atoms with E-state index >= 15 is 0 Å². The van der Waals surface area contributed by atoms with E-state index in [0.29, 0.717) is 18.0 Å². The van der Waals surface area contributed by atoms with Gasteiger partial charge in [0, 0.05) is 19.5 Å². The van der Waals surface area contributed by atoms with Crippen LogP contribution >= 0.6 is 0 Å². The van der Waals surface area contributed by atoms with Crippen LogP contribution in [0.4, 0.5) is 5.69 Å². The number of methoxy groups -OCH3 is 1. The van der Waals surface area contributed by atoms with Crippen LogP contribution in [0.15, 0.2) is 24.3 Å². The van der Waals surface area contributed by atoms with Gasteiger partial charge in [-0.05, 0) is 17.7 Å². The highest BCUT2D eigenvalue weighted by Gasteiger charge is 2.32. The van der Waals surface area contributed by atoms with Gasteiger partial charge in [-0.3, -0.25) is 14.3 Å². The number of fused-ring (bicyclic) bond motifs is 2. The Kier molecular flexibility index (Phi) is 4.34. The van der Waals surface area contributed by atoms with Crippen molar-refractivity contribution >= 4 is 17.5 Å². The highest BCUT2D eigenvalue weighted by atomic mass is 16.5. The third-order valence-electron chi connectivity index (χ3n) is 4.79. The van der Waals surface area contributed by atoms with Crippen molar-refractivity contribution in [2.24, 2.45) is 0 Å². The Hall–Kier alpha value is -2.87. The lowest BCUT2D eigenvalue weighted by Crippen LogP contribution is -2.35. The maximum atomic E-state index is 12.7. The van der Waals surface area contributed by atoms with Gasteiger partial charge < -0.3 is 20.7 Å². The third-order valence-corrected chi connectivity index (χ3v) is 4.79. The predicted octanol–water partition coefficient (Wildman–Crippen LogP) is 0.737. The number of hydrogen-bond acceptors (Lipinski definition) is 5. The van der Waals surface area contributed by atoms with Crippen molar-refractivity contribution in [3.8, 4) is 5.75 Å². The molecule has 1 atom stereocenters. The molecule has 3 heterocycles. The van der Waals surface area contributed by atoms with Gasteiger partial charge in [-0.1, -0.05) is 12.1 Å². The number of carbonyl (C=O) groups is 2. The van der Waals surface area contributed by atoms with Gasteiger partial charge in [-0.25, -0.2) is 0 Å². The topological polar surface area (TPSA) is 97.3 Å². The number of ether oxygens (including phenoxy) is 1. The summed E-state index contributed by atoms with van der Waals surface area (Å²) in [6.07, 6.45) is 0.121. The molecule has 0 radical (unpaired) electrons. The highest BCUT2D eigenvalue weighted by Crippen LogP contribution is 2.38. The number of aromatic nitrogens is 2. The Morgan fingerprint density at radius 2 is 2.35 bits per heavy atom. The first-order valence-corrected chi connectivity index (χ1v) is 8.66. The summed E-state index contributed by atoms with van der Waals surface area (Å²) < 4.78 is 7.26. The van der Waals surface area contributed by atoms with Crippen LogP contribution in [0.1, 0.15) is 29.3 Å². The van der Waals surface area contributed by atoms with Gasteiger partial charge in [-0.2, -0.15) is 5.10 Å². The third kappa shape index (κ3) is 3.03. The fraction of sp³-hybridized carbons (Fsp3) is 0.389. The molecule has 2 aromatic rings. The van der Waals surface area contributed by atoms with Gasteiger partial charge in [0.25, 0.3) is 0 Å². The first-order valence-electron chi connectivity index (χ1n) is 8.66. The van der Waals surface area contributed by atoms with Gasteiger partial charge >= 0.3 is 0 Å². The summed E-state index contributed by atoms with van der Waals surface area (Å²) in [6, 6.07) is 7.44. The maximum absolute atomic E-state index is 12.7. The Morgan fingerprint density at radius 1 is 1.46 bits per heavy atom. The standard InChI is InChI=1S/C18H21N5O3/c1-26-15-4-2-3-13-14(8-16(24)21-17(13)15)18(25)20-9-11-7-12-10-19-5-6-23(12)22-11/h2-4,7,14,19H,5-6,8-10H2,1H3,(H,20,25)(H,21,24)/t14-/m1/s1. The minimum absolute atomic E-state index is 0.121. The SMILES string of the molecule is COc1cccc2c1NC(=O)C[C@H]2C(=O)NCc1cc2n(n1)CCNC2. The summed E-state index contributed by atoms with van der Waals surface area (Å²) in [4.78, 5) is 24.8. The number of nitrogens with zero attached hydrogens (tertiary/aromatic N) is 2. The van der Waals surface area contributed by atoms with Crippen molar-refractivity contribution in [1.29, 1.82) is 0 Å². The van der Waals surface area contributed by atoms with E-state index in [4.69, 9.17) is 4.74 Å². The summed E-state index contributed by atoms with van der Waals surface area (Å²) in [7, 11) is 1.54. The molecule has 3 N–H and O–H groups in total. The average Bonchev–Trinajstić information content (AvgIpc) is 3.08. The zero-order chi connectivity index (χ0) is 18.1.